The van der Waals surface area contributed by atoms with Crippen molar-refractivity contribution in [1.82, 2.24) is 4.90 Å². The molecule has 1 amide bonds. The van der Waals surface area contributed by atoms with Crippen molar-refractivity contribution in [1.29, 1.82) is 0 Å². The number of nitrogens with zero attached hydrogens (tertiary/aromatic N) is 1. The number of aliphatic hydroxyl groups is 1. The molecule has 116 valence electrons. The number of carbonyl (C=O) groups excluding carboxylic acids is 1. The predicted octanol–water partition coefficient (Wildman–Crippen LogP) is 2.81. The van der Waals surface area contributed by atoms with Crippen LogP contribution in [-0.4, -0.2) is 29.5 Å². The van der Waals surface area contributed by atoms with Gasteiger partial charge in [0.25, 0.3) is 0 Å². The summed E-state index contributed by atoms with van der Waals surface area (Å²) in [6.45, 7) is 2.80. The molecule has 22 heavy (non-hydrogen) atoms. The van der Waals surface area contributed by atoms with Crippen LogP contribution in [0, 0.1) is 0 Å². The molecule has 2 aromatic carbocycles. The second kappa shape index (κ2) is 7.73. The molecular formula is C18H22N2O2. The van der Waals surface area contributed by atoms with Crippen molar-refractivity contribution >= 4 is 11.6 Å². The monoisotopic (exact) mass is 298 g/mol. The van der Waals surface area contributed by atoms with Crippen molar-refractivity contribution in [3.8, 4) is 0 Å². The van der Waals surface area contributed by atoms with Gasteiger partial charge in [-0.15, -0.1) is 0 Å². The third kappa shape index (κ3) is 4.98. The summed E-state index contributed by atoms with van der Waals surface area (Å²) in [5.41, 5.74) is 2.86. The topological polar surface area (TPSA) is 52.6 Å². The van der Waals surface area contributed by atoms with Crippen LogP contribution in [0.4, 0.5) is 5.69 Å². The van der Waals surface area contributed by atoms with E-state index in [1.165, 1.54) is 6.92 Å². The van der Waals surface area contributed by atoms with Crippen LogP contribution in [0.25, 0.3) is 0 Å². The van der Waals surface area contributed by atoms with E-state index in [9.17, 15) is 9.90 Å². The van der Waals surface area contributed by atoms with Gasteiger partial charge in [-0.05, 0) is 30.3 Å². The summed E-state index contributed by atoms with van der Waals surface area (Å²) >= 11 is 0. The summed E-state index contributed by atoms with van der Waals surface area (Å²) in [4.78, 5) is 13.1. The molecule has 0 saturated carbocycles. The van der Waals surface area contributed by atoms with Crippen molar-refractivity contribution < 1.29 is 9.90 Å². The number of likely N-dealkylation sites (N-methyl/N-ethyl adjacent to an activating group) is 1. The highest BCUT2D eigenvalue weighted by Crippen LogP contribution is 2.15. The van der Waals surface area contributed by atoms with Gasteiger partial charge in [0.1, 0.15) is 0 Å². The predicted molar refractivity (Wildman–Crippen MR) is 88.5 cm³/mol. The third-order valence-corrected chi connectivity index (χ3v) is 3.40. The molecule has 4 nitrogen and oxygen atoms in total. The van der Waals surface area contributed by atoms with Crippen LogP contribution in [0.15, 0.2) is 54.6 Å². The minimum absolute atomic E-state index is 0.0733. The number of hydrogen-bond acceptors (Lipinski definition) is 3. The van der Waals surface area contributed by atoms with Gasteiger partial charge < -0.3 is 10.4 Å². The standard InChI is InChI=1S/C18H22N2O2/c1-14(21)19-17-10-8-15(9-11-17)12-20(2)13-18(22)16-6-4-3-5-7-16/h3-11,18,22H,12-13H2,1-2H3,(H,19,21). The van der Waals surface area contributed by atoms with Gasteiger partial charge in [-0.3, -0.25) is 9.69 Å². The Hall–Kier alpha value is -2.17. The molecule has 0 aliphatic carbocycles. The zero-order valence-corrected chi connectivity index (χ0v) is 13.0. The average Bonchev–Trinajstić information content (AvgIpc) is 2.49. The number of benzene rings is 2. The van der Waals surface area contributed by atoms with E-state index in [0.29, 0.717) is 6.54 Å². The van der Waals surface area contributed by atoms with Crippen molar-refractivity contribution in [2.24, 2.45) is 0 Å². The Kier molecular flexibility index (Phi) is 5.69. The minimum atomic E-state index is -0.496. The van der Waals surface area contributed by atoms with Crippen molar-refractivity contribution in [3.05, 3.63) is 65.7 Å². The summed E-state index contributed by atoms with van der Waals surface area (Å²) in [5.74, 6) is -0.0733. The Bertz CT molecular complexity index is 596. The van der Waals surface area contributed by atoms with Crippen LogP contribution in [0.2, 0.25) is 0 Å². The molecule has 0 heterocycles. The summed E-state index contributed by atoms with van der Waals surface area (Å²) in [6.07, 6.45) is -0.496. The van der Waals surface area contributed by atoms with E-state index < -0.39 is 6.10 Å². The van der Waals surface area contributed by atoms with Gasteiger partial charge in [0.05, 0.1) is 6.10 Å². The first-order valence-electron chi connectivity index (χ1n) is 7.32. The highest BCUT2D eigenvalue weighted by molar-refractivity contribution is 5.88. The van der Waals surface area contributed by atoms with E-state index in [1.54, 1.807) is 0 Å². The third-order valence-electron chi connectivity index (χ3n) is 3.40. The first kappa shape index (κ1) is 16.2. The second-order valence-electron chi connectivity index (χ2n) is 5.50. The lowest BCUT2D eigenvalue weighted by Gasteiger charge is -2.21. The number of anilines is 1. The zero-order chi connectivity index (χ0) is 15.9. The Morgan fingerprint density at radius 2 is 1.77 bits per heavy atom. The van der Waals surface area contributed by atoms with Crippen LogP contribution in [0.5, 0.6) is 0 Å². The lowest BCUT2D eigenvalue weighted by Crippen LogP contribution is -2.24. The van der Waals surface area contributed by atoms with Crippen LogP contribution in [-0.2, 0) is 11.3 Å². The second-order valence-corrected chi connectivity index (χ2v) is 5.50. The van der Waals surface area contributed by atoms with Gasteiger partial charge in [0.15, 0.2) is 0 Å². The first-order valence-corrected chi connectivity index (χ1v) is 7.32. The Labute approximate surface area is 131 Å². The van der Waals surface area contributed by atoms with Crippen molar-refractivity contribution in [2.45, 2.75) is 19.6 Å². The maximum atomic E-state index is 11.0. The van der Waals surface area contributed by atoms with Gasteiger partial charge >= 0.3 is 0 Å². The van der Waals surface area contributed by atoms with Crippen LogP contribution >= 0.6 is 0 Å². The smallest absolute Gasteiger partial charge is 0.221 e. The molecule has 0 aliphatic rings. The Balaban J connectivity index is 1.89. The fourth-order valence-corrected chi connectivity index (χ4v) is 2.35. The van der Waals surface area contributed by atoms with Gasteiger partial charge in [-0.25, -0.2) is 0 Å². The molecule has 1 unspecified atom stereocenters. The fourth-order valence-electron chi connectivity index (χ4n) is 2.35. The summed E-state index contributed by atoms with van der Waals surface area (Å²) in [5, 5.41) is 13.0. The van der Waals surface area contributed by atoms with E-state index >= 15 is 0 Å². The molecule has 4 heteroatoms. The summed E-state index contributed by atoms with van der Waals surface area (Å²) in [7, 11) is 1.98. The maximum Gasteiger partial charge on any atom is 0.221 e. The van der Waals surface area contributed by atoms with E-state index in [-0.39, 0.29) is 5.91 Å². The molecule has 1 atom stereocenters. The molecule has 2 rings (SSSR count). The highest BCUT2D eigenvalue weighted by atomic mass is 16.3. The van der Waals surface area contributed by atoms with Gasteiger partial charge in [-0.2, -0.15) is 0 Å². The van der Waals surface area contributed by atoms with E-state index in [0.717, 1.165) is 23.4 Å². The normalized spacial score (nSPS) is 12.2. The van der Waals surface area contributed by atoms with E-state index in [1.807, 2.05) is 61.6 Å². The Morgan fingerprint density at radius 1 is 1.14 bits per heavy atom. The Morgan fingerprint density at radius 3 is 2.36 bits per heavy atom. The number of amides is 1. The number of carbonyl (C=O) groups is 1. The number of nitrogens with one attached hydrogen (secondary N) is 1. The lowest BCUT2D eigenvalue weighted by atomic mass is 10.1. The van der Waals surface area contributed by atoms with Crippen molar-refractivity contribution in [2.75, 3.05) is 18.9 Å². The summed E-state index contributed by atoms with van der Waals surface area (Å²) in [6, 6.07) is 17.4. The zero-order valence-electron chi connectivity index (χ0n) is 13.0. The molecule has 2 N–H and O–H groups in total. The quantitative estimate of drug-likeness (QED) is 0.862. The molecule has 0 saturated heterocycles. The van der Waals surface area contributed by atoms with Crippen LogP contribution in [0.3, 0.4) is 0 Å². The molecule has 2 aromatic rings. The molecule has 0 fully saturated rings. The van der Waals surface area contributed by atoms with E-state index in [2.05, 4.69) is 10.2 Å². The summed E-state index contributed by atoms with van der Waals surface area (Å²) < 4.78 is 0. The highest BCUT2D eigenvalue weighted by Gasteiger charge is 2.10. The average molecular weight is 298 g/mol. The van der Waals surface area contributed by atoms with Gasteiger partial charge in [0, 0.05) is 25.7 Å². The lowest BCUT2D eigenvalue weighted by molar-refractivity contribution is -0.114. The van der Waals surface area contributed by atoms with E-state index in [4.69, 9.17) is 0 Å². The largest absolute Gasteiger partial charge is 0.387 e. The van der Waals surface area contributed by atoms with Gasteiger partial charge in [-0.1, -0.05) is 42.5 Å². The first-order chi connectivity index (χ1) is 10.5. The minimum Gasteiger partial charge on any atom is -0.387 e. The van der Waals surface area contributed by atoms with Crippen molar-refractivity contribution in [3.63, 3.8) is 0 Å². The molecule has 0 radical (unpaired) electrons. The SMILES string of the molecule is CC(=O)Nc1ccc(CN(C)CC(O)c2ccccc2)cc1. The fraction of sp³-hybridized carbons (Fsp3) is 0.278. The molecular weight excluding hydrogens is 276 g/mol. The molecule has 0 aliphatic heterocycles. The van der Waals surface area contributed by atoms with Gasteiger partial charge in [0.2, 0.25) is 5.91 Å². The maximum absolute atomic E-state index is 11.0. The number of rotatable bonds is 6. The number of aliphatic hydroxyl groups excluding tert-OH is 1. The molecule has 0 spiro atoms. The molecule has 0 bridgehead atoms. The van der Waals surface area contributed by atoms with Crippen LogP contribution in [0.1, 0.15) is 24.2 Å². The number of hydrogen-bond donors (Lipinski definition) is 2. The van der Waals surface area contributed by atoms with Crippen LogP contribution < -0.4 is 5.32 Å². The molecule has 0 aromatic heterocycles.